The molecular formula is C26H26N8O2S. The van der Waals surface area contributed by atoms with E-state index in [2.05, 4.69) is 49.3 Å². The second-order valence-corrected chi connectivity index (χ2v) is 10.1. The average Bonchev–Trinajstić information content (AvgIpc) is 3.51. The number of thiophene rings is 1. The van der Waals surface area contributed by atoms with Crippen molar-refractivity contribution in [2.75, 3.05) is 23.3 Å². The lowest BCUT2D eigenvalue weighted by atomic mass is 10.1. The number of hydrogen-bond donors (Lipinski definition) is 2. The zero-order valence-electron chi connectivity index (χ0n) is 20.7. The number of piperazine rings is 1. The molecule has 2 N–H and O–H groups in total. The predicted molar refractivity (Wildman–Crippen MR) is 144 cm³/mol. The molecule has 1 fully saturated rings. The summed E-state index contributed by atoms with van der Waals surface area (Å²) in [6.07, 6.45) is 8.51. The number of carbonyl (C=O) groups is 1. The van der Waals surface area contributed by atoms with Crippen molar-refractivity contribution in [3.8, 4) is 11.5 Å². The van der Waals surface area contributed by atoms with Gasteiger partial charge in [0.2, 0.25) is 0 Å². The molecule has 6 heterocycles. The Balaban J connectivity index is 1.34. The van der Waals surface area contributed by atoms with Crippen molar-refractivity contribution in [1.29, 1.82) is 0 Å². The van der Waals surface area contributed by atoms with Crippen LogP contribution >= 0.6 is 11.3 Å². The van der Waals surface area contributed by atoms with E-state index in [0.29, 0.717) is 51.5 Å². The standard InChI is InChI=1S/C26H26N8O2S/c1-15-10-33(11-16(2)30-15)25-23-22(27-5-6-28-23)20(9-29-25)26(35)32-18-8-21(36-19-4-7-37-14-19)24-31-17(3)12-34(24)13-18/h4-9,12-16,30H,10-11H2,1-3H3,(H,32,35)/t15-,16-/m1/s1. The highest BCUT2D eigenvalue weighted by Crippen LogP contribution is 2.31. The summed E-state index contributed by atoms with van der Waals surface area (Å²) in [5.74, 6) is 1.67. The molecule has 0 aromatic carbocycles. The minimum atomic E-state index is -0.329. The van der Waals surface area contributed by atoms with Gasteiger partial charge in [-0.1, -0.05) is 0 Å². The van der Waals surface area contributed by atoms with E-state index in [-0.39, 0.29) is 5.91 Å². The number of rotatable bonds is 5. The number of anilines is 2. The molecule has 0 spiro atoms. The summed E-state index contributed by atoms with van der Waals surface area (Å²) in [5.41, 5.74) is 3.55. The SMILES string of the molecule is Cc1cn2cc(NC(=O)c3cnc(N4C[C@@H](C)N[C@H](C)C4)c4nccnc34)cc(Oc3ccsc3)c2n1. The summed E-state index contributed by atoms with van der Waals surface area (Å²) < 4.78 is 7.92. The quantitative estimate of drug-likeness (QED) is 0.358. The van der Waals surface area contributed by atoms with E-state index in [1.807, 2.05) is 40.5 Å². The van der Waals surface area contributed by atoms with Gasteiger partial charge in [-0.3, -0.25) is 9.78 Å². The van der Waals surface area contributed by atoms with E-state index in [9.17, 15) is 4.79 Å². The molecule has 1 amide bonds. The first-order chi connectivity index (χ1) is 17.9. The van der Waals surface area contributed by atoms with Crippen molar-refractivity contribution in [2.24, 2.45) is 0 Å². The first kappa shape index (κ1) is 23.3. The molecule has 1 saturated heterocycles. The van der Waals surface area contributed by atoms with Crippen LogP contribution in [0.15, 0.2) is 53.9 Å². The number of imidazole rings is 1. The van der Waals surface area contributed by atoms with Gasteiger partial charge in [-0.2, -0.15) is 0 Å². The Bertz CT molecular complexity index is 1590. The van der Waals surface area contributed by atoms with Crippen molar-refractivity contribution < 1.29 is 9.53 Å². The third kappa shape index (κ3) is 4.58. The highest BCUT2D eigenvalue weighted by Gasteiger charge is 2.26. The van der Waals surface area contributed by atoms with Crippen LogP contribution in [0.2, 0.25) is 0 Å². The van der Waals surface area contributed by atoms with Crippen LogP contribution in [0.3, 0.4) is 0 Å². The van der Waals surface area contributed by atoms with E-state index in [0.717, 1.165) is 24.6 Å². The molecule has 0 saturated carbocycles. The smallest absolute Gasteiger partial charge is 0.259 e. The van der Waals surface area contributed by atoms with Gasteiger partial charge in [-0.25, -0.2) is 15.0 Å². The zero-order valence-corrected chi connectivity index (χ0v) is 21.5. The molecule has 0 aliphatic carbocycles. The van der Waals surface area contributed by atoms with E-state index >= 15 is 0 Å². The molecule has 188 valence electrons. The molecule has 11 heteroatoms. The average molecular weight is 515 g/mol. The van der Waals surface area contributed by atoms with Crippen LogP contribution in [0.4, 0.5) is 11.5 Å². The molecule has 5 aromatic rings. The van der Waals surface area contributed by atoms with Crippen LogP contribution in [0.1, 0.15) is 29.9 Å². The molecule has 0 bridgehead atoms. The van der Waals surface area contributed by atoms with E-state index in [4.69, 9.17) is 4.74 Å². The molecule has 0 unspecified atom stereocenters. The van der Waals surface area contributed by atoms with Crippen LogP contribution in [-0.4, -0.2) is 55.4 Å². The normalized spacial score (nSPS) is 17.9. The molecular weight excluding hydrogens is 488 g/mol. The van der Waals surface area contributed by atoms with Crippen molar-refractivity contribution in [1.82, 2.24) is 29.7 Å². The van der Waals surface area contributed by atoms with Crippen molar-refractivity contribution in [3.63, 3.8) is 0 Å². The van der Waals surface area contributed by atoms with E-state index in [1.165, 1.54) is 0 Å². The van der Waals surface area contributed by atoms with Crippen molar-refractivity contribution >= 4 is 45.4 Å². The largest absolute Gasteiger partial charge is 0.452 e. The van der Waals surface area contributed by atoms with Crippen LogP contribution < -0.4 is 20.3 Å². The number of hydrogen-bond acceptors (Lipinski definition) is 9. The lowest BCUT2D eigenvalue weighted by Gasteiger charge is -2.37. The summed E-state index contributed by atoms with van der Waals surface area (Å²) in [4.78, 5) is 34.0. The third-order valence-corrected chi connectivity index (χ3v) is 6.86. The number of aryl methyl sites for hydroxylation is 1. The number of nitrogens with one attached hydrogen (secondary N) is 2. The van der Waals surface area contributed by atoms with E-state index < -0.39 is 0 Å². The number of amides is 1. The molecule has 1 aliphatic rings. The summed E-state index contributed by atoms with van der Waals surface area (Å²) in [7, 11) is 0. The summed E-state index contributed by atoms with van der Waals surface area (Å²) in [6.45, 7) is 7.80. The van der Waals surface area contributed by atoms with Crippen LogP contribution in [-0.2, 0) is 0 Å². The Morgan fingerprint density at radius 1 is 1.14 bits per heavy atom. The Morgan fingerprint density at radius 2 is 1.92 bits per heavy atom. The fraction of sp³-hybridized carbons (Fsp3) is 0.269. The molecule has 37 heavy (non-hydrogen) atoms. The van der Waals surface area contributed by atoms with Crippen molar-refractivity contribution in [2.45, 2.75) is 32.9 Å². The van der Waals surface area contributed by atoms with Gasteiger partial charge >= 0.3 is 0 Å². The minimum Gasteiger partial charge on any atom is -0.452 e. The minimum absolute atomic E-state index is 0.312. The number of pyridine rings is 2. The monoisotopic (exact) mass is 514 g/mol. The molecule has 2 atom stereocenters. The van der Waals surface area contributed by atoms with Crippen molar-refractivity contribution in [3.05, 3.63) is 65.1 Å². The topological polar surface area (TPSA) is 110 Å². The first-order valence-corrected chi connectivity index (χ1v) is 13.0. The lowest BCUT2D eigenvalue weighted by molar-refractivity contribution is 0.102. The van der Waals surface area contributed by atoms with Crippen LogP contribution in [0.5, 0.6) is 11.5 Å². The molecule has 10 nitrogen and oxygen atoms in total. The first-order valence-electron chi connectivity index (χ1n) is 12.1. The predicted octanol–water partition coefficient (Wildman–Crippen LogP) is 4.27. The number of aromatic nitrogens is 5. The van der Waals surface area contributed by atoms with Gasteiger partial charge in [0.1, 0.15) is 16.8 Å². The van der Waals surface area contributed by atoms with Gasteiger partial charge in [0.05, 0.1) is 16.9 Å². The van der Waals surface area contributed by atoms with Gasteiger partial charge in [-0.05, 0) is 32.2 Å². The number of fused-ring (bicyclic) bond motifs is 2. The van der Waals surface area contributed by atoms with Crippen LogP contribution in [0.25, 0.3) is 16.7 Å². The fourth-order valence-electron chi connectivity index (χ4n) is 4.81. The summed E-state index contributed by atoms with van der Waals surface area (Å²) in [6, 6.07) is 4.29. The molecule has 6 rings (SSSR count). The number of carbonyl (C=O) groups excluding carboxylic acids is 1. The Morgan fingerprint density at radius 3 is 2.68 bits per heavy atom. The summed E-state index contributed by atoms with van der Waals surface area (Å²) in [5, 5.41) is 10.4. The number of ether oxygens (including phenoxy) is 1. The fourth-order valence-corrected chi connectivity index (χ4v) is 5.36. The lowest BCUT2D eigenvalue weighted by Crippen LogP contribution is -2.54. The second-order valence-electron chi connectivity index (χ2n) is 9.34. The van der Waals surface area contributed by atoms with E-state index in [1.54, 1.807) is 36.0 Å². The maximum Gasteiger partial charge on any atom is 0.259 e. The van der Waals surface area contributed by atoms with Gasteiger partial charge in [0.15, 0.2) is 17.2 Å². The Hall–Kier alpha value is -4.09. The molecule has 1 aliphatic heterocycles. The summed E-state index contributed by atoms with van der Waals surface area (Å²) >= 11 is 1.55. The van der Waals surface area contributed by atoms with Gasteiger partial charge < -0.3 is 24.7 Å². The maximum absolute atomic E-state index is 13.5. The number of nitrogens with zero attached hydrogens (tertiary/aromatic N) is 6. The highest BCUT2D eigenvalue weighted by molar-refractivity contribution is 7.08. The zero-order chi connectivity index (χ0) is 25.5. The third-order valence-electron chi connectivity index (χ3n) is 6.20. The molecule has 5 aromatic heterocycles. The maximum atomic E-state index is 13.5. The van der Waals surface area contributed by atoms with Crippen LogP contribution in [0, 0.1) is 6.92 Å². The highest BCUT2D eigenvalue weighted by atomic mass is 32.1. The Labute approximate surface area is 217 Å². The Kier molecular flexibility index (Phi) is 5.93. The molecule has 0 radical (unpaired) electrons. The van der Waals surface area contributed by atoms with Gasteiger partial charge in [0, 0.05) is 67.6 Å². The van der Waals surface area contributed by atoms with Gasteiger partial charge in [-0.15, -0.1) is 11.3 Å². The second kappa shape index (κ2) is 9.41. The van der Waals surface area contributed by atoms with Gasteiger partial charge in [0.25, 0.3) is 5.91 Å².